The molecule has 2 amide bonds. The molecule has 2 aromatic heterocycles. The van der Waals surface area contributed by atoms with Crippen LogP contribution in [0.15, 0.2) is 54.9 Å². The van der Waals surface area contributed by atoms with E-state index in [9.17, 15) is 13.2 Å². The van der Waals surface area contributed by atoms with E-state index in [-0.39, 0.29) is 11.8 Å². The maximum atomic E-state index is 12.0. The lowest BCUT2D eigenvalue weighted by Crippen LogP contribution is -2.30. The molecule has 26 heavy (non-hydrogen) atoms. The topological polar surface area (TPSA) is 92.6 Å². The minimum Gasteiger partial charge on any atom is -0.337 e. The van der Waals surface area contributed by atoms with Crippen molar-refractivity contribution in [1.29, 1.82) is 0 Å². The first-order valence-electron chi connectivity index (χ1n) is 8.13. The quantitative estimate of drug-likeness (QED) is 0.694. The molecule has 0 bridgehead atoms. The number of fused-ring (bicyclic) bond motifs is 1. The second-order valence-corrected chi connectivity index (χ2v) is 8.24. The molecule has 7 nitrogen and oxygen atoms in total. The van der Waals surface area contributed by atoms with E-state index in [0.29, 0.717) is 24.2 Å². The van der Waals surface area contributed by atoms with Crippen LogP contribution in [0.1, 0.15) is 11.3 Å². The van der Waals surface area contributed by atoms with Gasteiger partial charge in [-0.05, 0) is 29.8 Å². The highest BCUT2D eigenvalue weighted by atomic mass is 32.2. The van der Waals surface area contributed by atoms with E-state index in [1.54, 1.807) is 24.3 Å². The molecule has 0 unspecified atom stereocenters. The molecule has 3 aromatic rings. The van der Waals surface area contributed by atoms with Gasteiger partial charge in [0.1, 0.15) is 5.65 Å². The van der Waals surface area contributed by atoms with Gasteiger partial charge >= 0.3 is 6.03 Å². The number of nitrogens with zero attached hydrogens (tertiary/aromatic N) is 2. The van der Waals surface area contributed by atoms with Crippen molar-refractivity contribution in [3.63, 3.8) is 0 Å². The first-order valence-corrected chi connectivity index (χ1v) is 10.2. The molecule has 0 aliphatic rings. The summed E-state index contributed by atoms with van der Waals surface area (Å²) in [7, 11) is -3.12. The number of imidazole rings is 1. The van der Waals surface area contributed by atoms with Crippen molar-refractivity contribution < 1.29 is 13.2 Å². The lowest BCUT2D eigenvalue weighted by molar-refractivity contribution is 0.252. The number of carbonyl (C=O) groups excluding carboxylic acids is 1. The number of sulfone groups is 1. The van der Waals surface area contributed by atoms with Gasteiger partial charge in [0.25, 0.3) is 0 Å². The van der Waals surface area contributed by atoms with Gasteiger partial charge in [-0.3, -0.25) is 0 Å². The van der Waals surface area contributed by atoms with Crippen molar-refractivity contribution in [2.24, 2.45) is 0 Å². The Hall–Kier alpha value is -2.87. The van der Waals surface area contributed by atoms with E-state index in [1.165, 1.54) is 6.26 Å². The highest BCUT2D eigenvalue weighted by molar-refractivity contribution is 7.89. The van der Waals surface area contributed by atoms with Crippen LogP contribution < -0.4 is 10.6 Å². The van der Waals surface area contributed by atoms with Gasteiger partial charge in [0, 0.05) is 37.3 Å². The Kier molecular flexibility index (Phi) is 5.22. The van der Waals surface area contributed by atoms with Gasteiger partial charge in [0.2, 0.25) is 0 Å². The zero-order valence-electron chi connectivity index (χ0n) is 14.3. The number of rotatable bonds is 6. The number of hydrogen-bond donors (Lipinski definition) is 2. The molecule has 1 aromatic carbocycles. The number of hydrogen-bond acceptors (Lipinski definition) is 4. The van der Waals surface area contributed by atoms with E-state index in [0.717, 1.165) is 11.3 Å². The Balaban J connectivity index is 1.51. The van der Waals surface area contributed by atoms with Crippen LogP contribution in [0, 0.1) is 0 Å². The Morgan fingerprint density at radius 1 is 1.19 bits per heavy atom. The van der Waals surface area contributed by atoms with Crippen LogP contribution in [0.3, 0.4) is 0 Å². The van der Waals surface area contributed by atoms with Crippen LogP contribution in [0.2, 0.25) is 0 Å². The molecular weight excluding hydrogens is 352 g/mol. The minimum atomic E-state index is -3.12. The van der Waals surface area contributed by atoms with Crippen molar-refractivity contribution >= 4 is 27.2 Å². The first kappa shape index (κ1) is 17.9. The summed E-state index contributed by atoms with van der Waals surface area (Å²) in [6.07, 6.45) is 5.65. The van der Waals surface area contributed by atoms with Gasteiger partial charge in [-0.1, -0.05) is 18.2 Å². The summed E-state index contributed by atoms with van der Waals surface area (Å²) in [6, 6.07) is 12.2. The summed E-state index contributed by atoms with van der Waals surface area (Å²) in [5.74, 6) is -0.0575. The third-order valence-corrected chi connectivity index (χ3v) is 4.55. The number of anilines is 1. The van der Waals surface area contributed by atoms with Crippen molar-refractivity contribution in [3.8, 4) is 0 Å². The summed E-state index contributed by atoms with van der Waals surface area (Å²) in [5.41, 5.74) is 2.95. The summed E-state index contributed by atoms with van der Waals surface area (Å²) < 4.78 is 24.7. The van der Waals surface area contributed by atoms with Crippen molar-refractivity contribution in [2.45, 2.75) is 12.2 Å². The van der Waals surface area contributed by atoms with Crippen LogP contribution in [0.4, 0.5) is 10.5 Å². The predicted octanol–water partition coefficient (Wildman–Crippen LogP) is 2.24. The predicted molar refractivity (Wildman–Crippen MR) is 101 cm³/mol. The minimum absolute atomic E-state index is 0.0575. The first-order chi connectivity index (χ1) is 12.4. The van der Waals surface area contributed by atoms with Gasteiger partial charge < -0.3 is 15.0 Å². The van der Waals surface area contributed by atoms with Gasteiger partial charge in [-0.2, -0.15) is 0 Å². The molecular formula is C18H20N4O3S. The third-order valence-electron chi connectivity index (χ3n) is 3.69. The summed E-state index contributed by atoms with van der Waals surface area (Å²) in [4.78, 5) is 16.5. The Morgan fingerprint density at radius 2 is 2.04 bits per heavy atom. The number of pyridine rings is 1. The Labute approximate surface area is 152 Å². The maximum Gasteiger partial charge on any atom is 0.319 e. The Morgan fingerprint density at radius 3 is 2.81 bits per heavy atom. The second-order valence-electron chi connectivity index (χ2n) is 6.10. The van der Waals surface area contributed by atoms with E-state index in [4.69, 9.17) is 0 Å². The highest BCUT2D eigenvalue weighted by Crippen LogP contribution is 2.13. The van der Waals surface area contributed by atoms with E-state index >= 15 is 0 Å². The van der Waals surface area contributed by atoms with Crippen LogP contribution in [0.25, 0.3) is 5.65 Å². The molecule has 0 aliphatic carbocycles. The Bertz CT molecular complexity index is 995. The molecule has 0 atom stereocenters. The molecule has 0 saturated carbocycles. The molecule has 0 saturated heterocycles. The van der Waals surface area contributed by atoms with Crippen molar-refractivity contribution in [2.75, 3.05) is 18.1 Å². The molecule has 2 N–H and O–H groups in total. The number of carbonyl (C=O) groups is 1. The van der Waals surface area contributed by atoms with Crippen LogP contribution in [-0.4, -0.2) is 36.6 Å². The van der Waals surface area contributed by atoms with E-state index in [1.807, 2.05) is 35.0 Å². The normalized spacial score (nSPS) is 11.4. The lowest BCUT2D eigenvalue weighted by Gasteiger charge is -2.08. The van der Waals surface area contributed by atoms with Crippen molar-refractivity contribution in [3.05, 3.63) is 66.1 Å². The number of urea groups is 1. The molecule has 8 heteroatoms. The molecule has 0 fully saturated rings. The standard InChI is InChI=1S/C18H20N4O3S/c1-26(24,25)13-14-5-4-6-15(11-14)21-18(23)19-9-8-16-12-22-10-3-2-7-17(22)20-16/h2-7,10-12H,8-9,13H2,1H3,(H2,19,21,23). The highest BCUT2D eigenvalue weighted by Gasteiger charge is 2.07. The lowest BCUT2D eigenvalue weighted by atomic mass is 10.2. The zero-order chi connectivity index (χ0) is 18.6. The number of amides is 2. The monoisotopic (exact) mass is 372 g/mol. The van der Waals surface area contributed by atoms with Gasteiger partial charge in [-0.25, -0.2) is 18.2 Å². The number of nitrogens with one attached hydrogen (secondary N) is 2. The van der Waals surface area contributed by atoms with E-state index in [2.05, 4.69) is 15.6 Å². The molecule has 3 rings (SSSR count). The van der Waals surface area contributed by atoms with Crippen LogP contribution in [-0.2, 0) is 22.0 Å². The largest absolute Gasteiger partial charge is 0.337 e. The molecule has 136 valence electrons. The maximum absolute atomic E-state index is 12.0. The fraction of sp³-hybridized carbons (Fsp3) is 0.222. The smallest absolute Gasteiger partial charge is 0.319 e. The molecule has 0 aliphatic heterocycles. The summed E-state index contributed by atoms with van der Waals surface area (Å²) >= 11 is 0. The van der Waals surface area contributed by atoms with Crippen molar-refractivity contribution in [1.82, 2.24) is 14.7 Å². The molecule has 0 radical (unpaired) electrons. The van der Waals surface area contributed by atoms with Gasteiger partial charge in [0.15, 0.2) is 9.84 Å². The average molecular weight is 372 g/mol. The van der Waals surface area contributed by atoms with Crippen LogP contribution in [0.5, 0.6) is 0 Å². The second kappa shape index (κ2) is 7.57. The van der Waals surface area contributed by atoms with Crippen LogP contribution >= 0.6 is 0 Å². The summed E-state index contributed by atoms with van der Waals surface area (Å²) in [6.45, 7) is 0.443. The molecule has 0 spiro atoms. The van der Waals surface area contributed by atoms with Gasteiger partial charge in [-0.15, -0.1) is 0 Å². The zero-order valence-corrected chi connectivity index (χ0v) is 15.2. The molecule has 2 heterocycles. The van der Waals surface area contributed by atoms with Gasteiger partial charge in [0.05, 0.1) is 11.4 Å². The average Bonchev–Trinajstić information content (AvgIpc) is 2.96. The SMILES string of the molecule is CS(=O)(=O)Cc1cccc(NC(=O)NCCc2cn3ccccc3n2)c1. The fourth-order valence-corrected chi connectivity index (χ4v) is 3.41. The number of benzene rings is 1. The fourth-order valence-electron chi connectivity index (χ4n) is 2.63. The summed E-state index contributed by atoms with van der Waals surface area (Å²) in [5, 5.41) is 5.48. The van der Waals surface area contributed by atoms with E-state index < -0.39 is 9.84 Å². The third kappa shape index (κ3) is 5.06. The number of aromatic nitrogens is 2.